The molecule has 0 spiro atoms. The van der Waals surface area contributed by atoms with Crippen LogP contribution in [0.3, 0.4) is 0 Å². The number of ether oxygens (including phenoxy) is 2. The summed E-state index contributed by atoms with van der Waals surface area (Å²) in [6.45, 7) is 7.21. The van der Waals surface area contributed by atoms with Crippen molar-refractivity contribution < 1.29 is 14.6 Å². The maximum atomic E-state index is 9.94. The van der Waals surface area contributed by atoms with Crippen molar-refractivity contribution in [3.05, 3.63) is 29.8 Å². The Balaban J connectivity index is 2.13. The summed E-state index contributed by atoms with van der Waals surface area (Å²) < 4.78 is 11.0. The Bertz CT molecular complexity index is 444. The molecule has 0 radical (unpaired) electrons. The van der Waals surface area contributed by atoms with Gasteiger partial charge in [0.05, 0.1) is 6.10 Å². The highest BCUT2D eigenvalue weighted by molar-refractivity contribution is 5.56. The molecule has 1 N–H and O–H groups in total. The predicted molar refractivity (Wildman–Crippen MR) is 71.9 cm³/mol. The highest BCUT2D eigenvalue weighted by Gasteiger charge is 2.19. The van der Waals surface area contributed by atoms with E-state index in [4.69, 9.17) is 9.47 Å². The molecule has 1 aliphatic heterocycles. The Kier molecular flexibility index (Phi) is 3.62. The van der Waals surface area contributed by atoms with Crippen molar-refractivity contribution in [2.24, 2.45) is 5.41 Å². The van der Waals surface area contributed by atoms with Gasteiger partial charge >= 0.3 is 0 Å². The van der Waals surface area contributed by atoms with E-state index in [-0.39, 0.29) is 5.41 Å². The molecule has 2 rings (SSSR count). The fourth-order valence-electron chi connectivity index (χ4n) is 1.65. The maximum Gasteiger partial charge on any atom is 0.161 e. The Labute approximate surface area is 108 Å². The van der Waals surface area contributed by atoms with Crippen LogP contribution in [0.4, 0.5) is 0 Å². The number of hydrogen-bond donors (Lipinski definition) is 1. The smallest absolute Gasteiger partial charge is 0.161 e. The SMILES string of the molecule is CC(C)(C)C(O)/C=C/c1ccc2c(c1)OCCO2. The van der Waals surface area contributed by atoms with E-state index in [1.807, 2.05) is 51.1 Å². The van der Waals surface area contributed by atoms with Crippen LogP contribution < -0.4 is 9.47 Å². The summed E-state index contributed by atoms with van der Waals surface area (Å²) in [6, 6.07) is 5.79. The van der Waals surface area contributed by atoms with E-state index in [9.17, 15) is 5.11 Å². The van der Waals surface area contributed by atoms with Gasteiger partial charge in [0.1, 0.15) is 13.2 Å². The van der Waals surface area contributed by atoms with Crippen LogP contribution in [0, 0.1) is 5.41 Å². The lowest BCUT2D eigenvalue weighted by molar-refractivity contribution is 0.106. The molecule has 0 aliphatic carbocycles. The topological polar surface area (TPSA) is 38.7 Å². The molecule has 98 valence electrons. The molecule has 3 heteroatoms. The lowest BCUT2D eigenvalue weighted by Gasteiger charge is -2.22. The first-order chi connectivity index (χ1) is 8.47. The standard InChI is InChI=1S/C15H20O3/c1-15(2,3)14(16)7-5-11-4-6-12-13(10-11)18-9-8-17-12/h4-7,10,14,16H,8-9H2,1-3H3/b7-5+. The highest BCUT2D eigenvalue weighted by Crippen LogP contribution is 2.31. The number of benzene rings is 1. The van der Waals surface area contributed by atoms with Crippen molar-refractivity contribution in [3.8, 4) is 11.5 Å². The molecule has 1 heterocycles. The second kappa shape index (κ2) is 5.02. The molecule has 1 aromatic carbocycles. The van der Waals surface area contributed by atoms with Gasteiger partial charge in [-0.2, -0.15) is 0 Å². The van der Waals surface area contributed by atoms with Gasteiger partial charge in [-0.1, -0.05) is 39.0 Å². The first-order valence-electron chi connectivity index (χ1n) is 6.23. The lowest BCUT2D eigenvalue weighted by Crippen LogP contribution is -2.23. The van der Waals surface area contributed by atoms with E-state index in [1.54, 1.807) is 0 Å². The third kappa shape index (κ3) is 3.05. The minimum atomic E-state index is -0.467. The van der Waals surface area contributed by atoms with Crippen molar-refractivity contribution in [1.82, 2.24) is 0 Å². The van der Waals surface area contributed by atoms with Gasteiger partial charge in [-0.3, -0.25) is 0 Å². The van der Waals surface area contributed by atoms with Crippen molar-refractivity contribution >= 4 is 6.08 Å². The van der Waals surface area contributed by atoms with Gasteiger partial charge in [0.25, 0.3) is 0 Å². The molecule has 1 atom stereocenters. The Morgan fingerprint density at radius 3 is 2.50 bits per heavy atom. The number of rotatable bonds is 2. The second-order valence-corrected chi connectivity index (χ2v) is 5.57. The second-order valence-electron chi connectivity index (χ2n) is 5.57. The van der Waals surface area contributed by atoms with E-state index >= 15 is 0 Å². The molecule has 0 aromatic heterocycles. The summed E-state index contributed by atoms with van der Waals surface area (Å²) in [6.07, 6.45) is 3.25. The molecule has 1 aromatic rings. The van der Waals surface area contributed by atoms with Crippen LogP contribution in [0.25, 0.3) is 6.08 Å². The number of hydrogen-bond acceptors (Lipinski definition) is 3. The van der Waals surface area contributed by atoms with Crippen molar-refractivity contribution in [2.75, 3.05) is 13.2 Å². The molecular formula is C15H20O3. The molecule has 0 saturated heterocycles. The van der Waals surface area contributed by atoms with Crippen LogP contribution in [0.2, 0.25) is 0 Å². The Morgan fingerprint density at radius 2 is 1.83 bits per heavy atom. The molecule has 0 saturated carbocycles. The van der Waals surface area contributed by atoms with E-state index in [0.717, 1.165) is 17.1 Å². The lowest BCUT2D eigenvalue weighted by atomic mass is 9.89. The molecule has 1 aliphatic rings. The van der Waals surface area contributed by atoms with Gasteiger partial charge < -0.3 is 14.6 Å². The summed E-state index contributed by atoms with van der Waals surface area (Å²) >= 11 is 0. The molecule has 0 amide bonds. The van der Waals surface area contributed by atoms with Gasteiger partial charge in [-0.25, -0.2) is 0 Å². The van der Waals surface area contributed by atoms with Crippen molar-refractivity contribution in [2.45, 2.75) is 26.9 Å². The van der Waals surface area contributed by atoms with E-state index in [0.29, 0.717) is 13.2 Å². The van der Waals surface area contributed by atoms with E-state index in [2.05, 4.69) is 0 Å². The fraction of sp³-hybridized carbons (Fsp3) is 0.467. The highest BCUT2D eigenvalue weighted by atomic mass is 16.6. The van der Waals surface area contributed by atoms with Gasteiger partial charge in [0, 0.05) is 0 Å². The average Bonchev–Trinajstić information content (AvgIpc) is 2.34. The van der Waals surface area contributed by atoms with Crippen LogP contribution in [0.1, 0.15) is 26.3 Å². The minimum Gasteiger partial charge on any atom is -0.486 e. The zero-order chi connectivity index (χ0) is 13.2. The maximum absolute atomic E-state index is 9.94. The van der Waals surface area contributed by atoms with Crippen LogP contribution in [0.5, 0.6) is 11.5 Å². The van der Waals surface area contributed by atoms with E-state index < -0.39 is 6.10 Å². The summed E-state index contributed by atoms with van der Waals surface area (Å²) in [5, 5.41) is 9.94. The van der Waals surface area contributed by atoms with Crippen LogP contribution in [-0.2, 0) is 0 Å². The largest absolute Gasteiger partial charge is 0.486 e. The van der Waals surface area contributed by atoms with Crippen molar-refractivity contribution in [1.29, 1.82) is 0 Å². The van der Waals surface area contributed by atoms with Gasteiger partial charge in [-0.05, 0) is 23.1 Å². The minimum absolute atomic E-state index is 0.148. The zero-order valence-corrected chi connectivity index (χ0v) is 11.1. The Hall–Kier alpha value is -1.48. The zero-order valence-electron chi connectivity index (χ0n) is 11.1. The van der Waals surface area contributed by atoms with Gasteiger partial charge in [0.15, 0.2) is 11.5 Å². The van der Waals surface area contributed by atoms with Gasteiger partial charge in [0.2, 0.25) is 0 Å². The molecular weight excluding hydrogens is 228 g/mol. The number of fused-ring (bicyclic) bond motifs is 1. The van der Waals surface area contributed by atoms with Crippen molar-refractivity contribution in [3.63, 3.8) is 0 Å². The van der Waals surface area contributed by atoms with Crippen LogP contribution >= 0.6 is 0 Å². The molecule has 3 nitrogen and oxygen atoms in total. The van der Waals surface area contributed by atoms with E-state index in [1.165, 1.54) is 0 Å². The van der Waals surface area contributed by atoms with Crippen LogP contribution in [-0.4, -0.2) is 24.4 Å². The number of aliphatic hydroxyl groups excluding tert-OH is 1. The third-order valence-electron chi connectivity index (χ3n) is 2.92. The fourth-order valence-corrected chi connectivity index (χ4v) is 1.65. The number of aliphatic hydroxyl groups is 1. The van der Waals surface area contributed by atoms with Crippen LogP contribution in [0.15, 0.2) is 24.3 Å². The monoisotopic (exact) mass is 248 g/mol. The molecule has 0 bridgehead atoms. The predicted octanol–water partition coefficient (Wildman–Crippen LogP) is 2.88. The Morgan fingerprint density at radius 1 is 1.17 bits per heavy atom. The molecule has 0 fully saturated rings. The average molecular weight is 248 g/mol. The third-order valence-corrected chi connectivity index (χ3v) is 2.92. The molecule has 18 heavy (non-hydrogen) atoms. The summed E-state index contributed by atoms with van der Waals surface area (Å²) in [5.41, 5.74) is 0.854. The summed E-state index contributed by atoms with van der Waals surface area (Å²) in [7, 11) is 0. The molecule has 1 unspecified atom stereocenters. The first-order valence-corrected chi connectivity index (χ1v) is 6.23. The van der Waals surface area contributed by atoms with Gasteiger partial charge in [-0.15, -0.1) is 0 Å². The first kappa shape index (κ1) is 13.0. The summed E-state index contributed by atoms with van der Waals surface area (Å²) in [4.78, 5) is 0. The normalized spacial score (nSPS) is 16.9. The quantitative estimate of drug-likeness (QED) is 0.874. The summed E-state index contributed by atoms with van der Waals surface area (Å²) in [5.74, 6) is 1.56.